The lowest BCUT2D eigenvalue weighted by Crippen LogP contribution is -2.63. The molecule has 0 fully saturated rings. The van der Waals surface area contributed by atoms with Gasteiger partial charge in [-0.05, 0) is 24.3 Å². The highest BCUT2D eigenvalue weighted by Crippen LogP contribution is 2.46. The first-order valence-corrected chi connectivity index (χ1v) is 8.04. The van der Waals surface area contributed by atoms with Gasteiger partial charge in [-0.2, -0.15) is 26.3 Å². The normalized spacial score (nSPS) is 12.4. The molecule has 0 saturated heterocycles. The molecule has 0 aliphatic carbocycles. The van der Waals surface area contributed by atoms with Gasteiger partial charge in [0.05, 0.1) is 10.0 Å². The largest absolute Gasteiger partial charge is 0.393 e. The van der Waals surface area contributed by atoms with Crippen molar-refractivity contribution >= 4 is 46.7 Å². The third kappa shape index (κ3) is 4.53. The average molecular weight is 461 g/mol. The van der Waals surface area contributed by atoms with Crippen LogP contribution in [0.4, 0.5) is 38.0 Å². The molecule has 14 heteroatoms. The molecule has 0 saturated carbocycles. The van der Waals surface area contributed by atoms with E-state index in [0.717, 1.165) is 36.7 Å². The van der Waals surface area contributed by atoms with Crippen molar-refractivity contribution in [2.24, 2.45) is 0 Å². The number of pyridine rings is 2. The Labute approximate surface area is 168 Å². The minimum atomic E-state index is -6.41. The second-order valence-corrected chi connectivity index (χ2v) is 6.23. The fraction of sp³-hybridized carbons (Fsp3) is 0.200. The molecule has 0 radical (unpaired) electrons. The third-order valence-electron chi connectivity index (χ3n) is 3.30. The molecular formula is C15H8Cl2F6N4O2. The molecule has 0 aliphatic rings. The zero-order valence-corrected chi connectivity index (χ0v) is 15.2. The maximum Gasteiger partial charge on any atom is 0.393 e. The summed E-state index contributed by atoms with van der Waals surface area (Å²) in [4.78, 5) is 29.7. The topological polar surface area (TPSA) is 84.0 Å². The van der Waals surface area contributed by atoms with Crippen LogP contribution in [0.3, 0.4) is 0 Å². The van der Waals surface area contributed by atoms with E-state index < -0.39 is 41.2 Å². The minimum Gasteiger partial charge on any atom is -0.305 e. The van der Waals surface area contributed by atoms with Gasteiger partial charge in [0.1, 0.15) is 11.6 Å². The summed E-state index contributed by atoms with van der Waals surface area (Å²) in [6.45, 7) is 0. The van der Waals surface area contributed by atoms with Gasteiger partial charge < -0.3 is 10.6 Å². The number of halogens is 8. The summed E-state index contributed by atoms with van der Waals surface area (Å²) in [6.07, 6.45) is 1.77. The summed E-state index contributed by atoms with van der Waals surface area (Å²) in [5.74, 6) is -25.3. The molecule has 6 nitrogen and oxygen atoms in total. The van der Waals surface area contributed by atoms with Crippen LogP contribution in [0.2, 0.25) is 10.0 Å². The number of amides is 2. The Kier molecular flexibility index (Phi) is 6.28. The molecular weight excluding hydrogens is 453 g/mol. The zero-order valence-electron chi connectivity index (χ0n) is 13.7. The van der Waals surface area contributed by atoms with Crippen molar-refractivity contribution in [3.8, 4) is 0 Å². The molecule has 0 spiro atoms. The van der Waals surface area contributed by atoms with Crippen LogP contribution >= 0.6 is 23.2 Å². The molecule has 156 valence electrons. The van der Waals surface area contributed by atoms with Gasteiger partial charge in [0.25, 0.3) is 0 Å². The summed E-state index contributed by atoms with van der Waals surface area (Å²) < 4.78 is 83.4. The first kappa shape index (κ1) is 22.7. The van der Waals surface area contributed by atoms with Gasteiger partial charge in [0.15, 0.2) is 0 Å². The van der Waals surface area contributed by atoms with E-state index in [1.54, 1.807) is 0 Å². The van der Waals surface area contributed by atoms with Crippen LogP contribution in [-0.2, 0) is 9.59 Å². The first-order valence-electron chi connectivity index (χ1n) is 7.28. The first-order chi connectivity index (χ1) is 13.3. The predicted octanol–water partition coefficient (Wildman–Crippen LogP) is 4.27. The molecule has 2 N–H and O–H groups in total. The third-order valence-corrected chi connectivity index (χ3v) is 3.74. The van der Waals surface area contributed by atoms with Crippen LogP contribution in [0.25, 0.3) is 0 Å². The SMILES string of the molecule is O=C(Nc1ccc(Cl)cn1)C(F)(F)C(F)(F)C(F)(F)C(=O)Nc1ccc(Cl)cn1. The Bertz CT molecular complexity index is 837. The summed E-state index contributed by atoms with van der Waals surface area (Å²) in [7, 11) is 0. The number of nitrogens with zero attached hydrogens (tertiary/aromatic N) is 2. The molecule has 0 unspecified atom stereocenters. The van der Waals surface area contributed by atoms with E-state index in [4.69, 9.17) is 23.2 Å². The molecule has 0 bridgehead atoms. The van der Waals surface area contributed by atoms with E-state index in [9.17, 15) is 35.9 Å². The van der Waals surface area contributed by atoms with Crippen molar-refractivity contribution in [2.45, 2.75) is 17.8 Å². The zero-order chi connectivity index (χ0) is 22.0. The van der Waals surface area contributed by atoms with Gasteiger partial charge in [-0.1, -0.05) is 23.2 Å². The number of carbonyl (C=O) groups excluding carboxylic acids is 2. The van der Waals surface area contributed by atoms with E-state index in [1.807, 2.05) is 0 Å². The van der Waals surface area contributed by atoms with Gasteiger partial charge in [-0.25, -0.2) is 9.97 Å². The van der Waals surface area contributed by atoms with Crippen molar-refractivity contribution in [1.29, 1.82) is 0 Å². The fourth-order valence-electron chi connectivity index (χ4n) is 1.77. The fourth-order valence-corrected chi connectivity index (χ4v) is 2.00. The number of hydrogen-bond donors (Lipinski definition) is 2. The Balaban J connectivity index is 2.23. The lowest BCUT2D eigenvalue weighted by Gasteiger charge is -2.30. The number of alkyl halides is 6. The standard InChI is InChI=1S/C15H8Cl2F6N4O2/c16-7-1-3-9(24-5-7)26-11(28)13(18,19)15(22,23)14(20,21)12(29)27-10-4-2-8(17)6-25-10/h1-6H,(H,24,26,28)(H,25,27,29). The van der Waals surface area contributed by atoms with E-state index in [0.29, 0.717) is 0 Å². The number of hydrogen-bond acceptors (Lipinski definition) is 4. The number of rotatable bonds is 6. The molecule has 29 heavy (non-hydrogen) atoms. The van der Waals surface area contributed by atoms with Gasteiger partial charge in [-0.3, -0.25) is 9.59 Å². The van der Waals surface area contributed by atoms with Crippen LogP contribution in [0, 0.1) is 0 Å². The number of aromatic nitrogens is 2. The molecule has 2 amide bonds. The highest BCUT2D eigenvalue weighted by molar-refractivity contribution is 6.30. The van der Waals surface area contributed by atoms with Crippen molar-refractivity contribution in [1.82, 2.24) is 9.97 Å². The highest BCUT2D eigenvalue weighted by Gasteiger charge is 2.78. The van der Waals surface area contributed by atoms with Crippen molar-refractivity contribution in [3.63, 3.8) is 0 Å². The smallest absolute Gasteiger partial charge is 0.305 e. The Morgan fingerprint density at radius 2 is 1.07 bits per heavy atom. The lowest BCUT2D eigenvalue weighted by atomic mass is 10.0. The second-order valence-electron chi connectivity index (χ2n) is 5.35. The summed E-state index contributed by atoms with van der Waals surface area (Å²) in [5.41, 5.74) is 0. The van der Waals surface area contributed by atoms with Crippen molar-refractivity contribution in [2.75, 3.05) is 10.6 Å². The van der Waals surface area contributed by atoms with E-state index in [2.05, 4.69) is 9.97 Å². The van der Waals surface area contributed by atoms with Crippen LogP contribution in [-0.4, -0.2) is 39.5 Å². The van der Waals surface area contributed by atoms with Crippen molar-refractivity contribution in [3.05, 3.63) is 46.7 Å². The lowest BCUT2D eigenvalue weighted by molar-refractivity contribution is -0.283. The van der Waals surface area contributed by atoms with Gasteiger partial charge in [-0.15, -0.1) is 0 Å². The Morgan fingerprint density at radius 3 is 1.34 bits per heavy atom. The summed E-state index contributed by atoms with van der Waals surface area (Å²) >= 11 is 11.0. The second kappa shape index (κ2) is 8.03. The van der Waals surface area contributed by atoms with Gasteiger partial charge in [0.2, 0.25) is 0 Å². The molecule has 0 aromatic carbocycles. The number of nitrogens with one attached hydrogen (secondary N) is 2. The summed E-state index contributed by atoms with van der Waals surface area (Å²) in [6, 6.07) is 3.88. The monoisotopic (exact) mass is 460 g/mol. The number of anilines is 2. The van der Waals surface area contributed by atoms with Crippen LogP contribution in [0.15, 0.2) is 36.7 Å². The quantitative estimate of drug-likeness (QED) is 0.630. The Morgan fingerprint density at radius 1 is 0.724 bits per heavy atom. The highest BCUT2D eigenvalue weighted by atomic mass is 35.5. The van der Waals surface area contributed by atoms with Crippen LogP contribution in [0.1, 0.15) is 0 Å². The van der Waals surface area contributed by atoms with Crippen LogP contribution < -0.4 is 10.6 Å². The van der Waals surface area contributed by atoms with E-state index in [1.165, 1.54) is 10.6 Å². The molecule has 0 atom stereocenters. The molecule has 2 heterocycles. The molecule has 2 aromatic rings. The number of carbonyl (C=O) groups is 2. The predicted molar refractivity (Wildman–Crippen MR) is 90.6 cm³/mol. The van der Waals surface area contributed by atoms with E-state index >= 15 is 0 Å². The van der Waals surface area contributed by atoms with E-state index in [-0.39, 0.29) is 10.0 Å². The maximum absolute atomic E-state index is 13.9. The molecule has 0 aliphatic heterocycles. The van der Waals surface area contributed by atoms with Gasteiger partial charge >= 0.3 is 29.6 Å². The van der Waals surface area contributed by atoms with Crippen molar-refractivity contribution < 1.29 is 35.9 Å². The summed E-state index contributed by atoms with van der Waals surface area (Å²) in [5, 5.41) is 2.56. The van der Waals surface area contributed by atoms with Crippen LogP contribution in [0.5, 0.6) is 0 Å². The van der Waals surface area contributed by atoms with Gasteiger partial charge in [0, 0.05) is 12.4 Å². The minimum absolute atomic E-state index is 0.0269. The average Bonchev–Trinajstić information content (AvgIpc) is 2.65. The molecule has 2 aromatic heterocycles. The maximum atomic E-state index is 13.9. The Hall–Kier alpha value is -2.60. The molecule has 2 rings (SSSR count).